The second kappa shape index (κ2) is 12.1. The monoisotopic (exact) mass is 272 g/mol. The van der Waals surface area contributed by atoms with Crippen LogP contribution in [0.1, 0.15) is 0 Å². The Kier molecular flexibility index (Phi) is 25.5. The van der Waals surface area contributed by atoms with E-state index in [0.29, 0.717) is 0 Å². The molecule has 11 heteroatoms. The van der Waals surface area contributed by atoms with E-state index in [0.717, 1.165) is 0 Å². The fraction of sp³-hybridized carbons (Fsp3) is 0. The fourth-order valence-corrected chi connectivity index (χ4v) is 0. The van der Waals surface area contributed by atoms with Crippen LogP contribution in [-0.2, 0) is 14.2 Å². The summed E-state index contributed by atoms with van der Waals surface area (Å²) in [5.74, 6) is 0. The van der Waals surface area contributed by atoms with Crippen LogP contribution >= 0.6 is 0 Å². The average Bonchev–Trinajstić information content (AvgIpc) is 1.19. The van der Waals surface area contributed by atoms with Crippen molar-refractivity contribution in [3.8, 4) is 0 Å². The van der Waals surface area contributed by atoms with E-state index < -0.39 is 24.9 Å². The number of rotatable bonds is 0. The fourth-order valence-electron chi connectivity index (χ4n) is 0. The molecule has 7 nitrogen and oxygen atoms in total. The molecule has 0 saturated heterocycles. The van der Waals surface area contributed by atoms with Gasteiger partial charge in [-0.1, -0.05) is 0 Å². The Morgan fingerprint density at radius 2 is 1.09 bits per heavy atom. The molecule has 0 aliphatic carbocycles. The molecule has 0 aromatic heterocycles. The molecule has 2 N–H and O–H groups in total. The van der Waals surface area contributed by atoms with Gasteiger partial charge in [-0.2, -0.15) is 8.42 Å². The minimum Gasteiger partial charge on any atom is 1.00 e. The molecule has 0 fully saturated rings. The number of hydrogen-bond acceptors (Lipinski definition) is 5. The molecule has 0 saturated carbocycles. The van der Waals surface area contributed by atoms with Gasteiger partial charge in [0.25, 0.3) is 0 Å². The molecule has 0 bridgehead atoms. The van der Waals surface area contributed by atoms with Crippen molar-refractivity contribution in [3.63, 3.8) is 0 Å². The minimum atomic E-state index is -4.67. The van der Waals surface area contributed by atoms with Crippen LogP contribution in [0.5, 0.6) is 0 Å². The quantitative estimate of drug-likeness (QED) is 0.329. The van der Waals surface area contributed by atoms with Gasteiger partial charge >= 0.3 is 96.2 Å². The summed E-state index contributed by atoms with van der Waals surface area (Å²) in [4.78, 5) is 0. The van der Waals surface area contributed by atoms with Crippen molar-refractivity contribution in [2.24, 2.45) is 0 Å². The van der Waals surface area contributed by atoms with Crippen molar-refractivity contribution in [1.29, 1.82) is 0 Å². The van der Waals surface area contributed by atoms with Gasteiger partial charge in [0.2, 0.25) is 0 Å². The molecular weight excluding hydrogens is 269 g/mol. The smallest absolute Gasteiger partial charge is 1.00 e. The molecule has 58 valence electrons. The summed E-state index contributed by atoms with van der Waals surface area (Å²) in [6.07, 6.45) is 0. The minimum absolute atomic E-state index is 0. The molecule has 0 radical (unpaired) electrons. The van der Waals surface area contributed by atoms with Crippen LogP contribution in [0.25, 0.3) is 0 Å². The molecule has 0 amide bonds. The maximum absolute atomic E-state index is 8.74. The zero-order chi connectivity index (χ0) is 8.08. The molecule has 0 rings (SSSR count). The second-order valence-corrected chi connectivity index (χ2v) is 2.40. The van der Waals surface area contributed by atoms with E-state index in [9.17, 15) is 0 Å². The summed E-state index contributed by atoms with van der Waals surface area (Å²) < 4.78 is 57.2. The maximum Gasteiger partial charge on any atom is 1.00 e. The summed E-state index contributed by atoms with van der Waals surface area (Å²) >= 11 is -3.79. The molecule has 0 heterocycles. The Labute approximate surface area is 112 Å². The zero-order valence-corrected chi connectivity index (χ0v) is 12.3. The van der Waals surface area contributed by atoms with Gasteiger partial charge < -0.3 is 0 Å². The maximum atomic E-state index is 8.74. The Hall–Kier alpha value is 2.11. The standard InChI is InChI=1S/2Na.H2O4S.H2O3Se/c;;1-5(2,3)4;1-4(2)3/h;;(H2,1,2,3,4);(H2,1,2,3)/q2*+1;;/p-2. The van der Waals surface area contributed by atoms with Crippen LogP contribution in [0.4, 0.5) is 0 Å². The molecule has 0 unspecified atom stereocenters. The Morgan fingerprint density at radius 1 is 1.09 bits per heavy atom. The van der Waals surface area contributed by atoms with Gasteiger partial charge in [0.1, 0.15) is 0 Å². The van der Waals surface area contributed by atoms with E-state index in [2.05, 4.69) is 0 Å². The van der Waals surface area contributed by atoms with Crippen molar-refractivity contribution in [2.75, 3.05) is 0 Å². The third-order valence-corrected chi connectivity index (χ3v) is 0. The largest absolute Gasteiger partial charge is 1.00 e. The Balaban J connectivity index is -0.0000000383. The van der Waals surface area contributed by atoms with E-state index in [4.69, 9.17) is 29.7 Å². The van der Waals surface area contributed by atoms with E-state index in [1.807, 2.05) is 0 Å². The summed E-state index contributed by atoms with van der Waals surface area (Å²) in [6.45, 7) is 0. The van der Waals surface area contributed by atoms with Gasteiger partial charge in [-0.05, 0) is 0 Å². The SMILES string of the molecule is O=S(=O)(O)O.O=[Se]([O-])[O-].[Na+].[Na+]. The molecule has 0 aromatic carbocycles. The van der Waals surface area contributed by atoms with Crippen molar-refractivity contribution in [3.05, 3.63) is 0 Å². The molecule has 0 aromatic rings. The molecule has 0 spiro atoms. The van der Waals surface area contributed by atoms with E-state index in [1.165, 1.54) is 0 Å². The summed E-state index contributed by atoms with van der Waals surface area (Å²) in [5, 5.41) is 0. The van der Waals surface area contributed by atoms with Crippen LogP contribution < -0.4 is 67.5 Å². The van der Waals surface area contributed by atoms with Crippen LogP contribution in [0, 0.1) is 0 Å². The summed E-state index contributed by atoms with van der Waals surface area (Å²) in [6, 6.07) is 0. The average molecular weight is 271 g/mol. The van der Waals surface area contributed by atoms with E-state index in [1.54, 1.807) is 0 Å². The van der Waals surface area contributed by atoms with Gasteiger partial charge in [0, 0.05) is 0 Å². The predicted octanol–water partition coefficient (Wildman–Crippen LogP) is -9.52. The molecule has 0 aliphatic heterocycles. The second-order valence-electron chi connectivity index (χ2n) is 0.652. The van der Waals surface area contributed by atoms with Crippen molar-refractivity contribution in [2.45, 2.75) is 0 Å². The van der Waals surface area contributed by atoms with Crippen LogP contribution in [0.2, 0.25) is 0 Å². The zero-order valence-electron chi connectivity index (χ0n) is 5.75. The van der Waals surface area contributed by atoms with Crippen LogP contribution in [0.3, 0.4) is 0 Å². The Bertz CT molecular complexity index is 159. The molecule has 0 atom stereocenters. The van der Waals surface area contributed by atoms with Gasteiger partial charge in [-0.3, -0.25) is 9.11 Å². The van der Waals surface area contributed by atoms with Gasteiger partial charge in [-0.25, -0.2) is 0 Å². The third kappa shape index (κ3) is 278. The van der Waals surface area contributed by atoms with Gasteiger partial charge in [0.15, 0.2) is 0 Å². The number of hydrogen-bond donors (Lipinski definition) is 2. The predicted molar refractivity (Wildman–Crippen MR) is 20.6 cm³/mol. The molecule has 0 aliphatic rings. The van der Waals surface area contributed by atoms with Crippen molar-refractivity contribution >= 4 is 24.9 Å². The van der Waals surface area contributed by atoms with Crippen LogP contribution in [0.15, 0.2) is 0 Å². The normalized spacial score (nSPS) is 8.45. The molecule has 11 heavy (non-hydrogen) atoms. The first-order valence-electron chi connectivity index (χ1n) is 1.20. The van der Waals surface area contributed by atoms with E-state index in [-0.39, 0.29) is 59.1 Å². The van der Waals surface area contributed by atoms with Crippen molar-refractivity contribution < 1.29 is 88.9 Å². The summed E-state index contributed by atoms with van der Waals surface area (Å²) in [5.41, 5.74) is 0. The topological polar surface area (TPSA) is 138 Å². The first-order chi connectivity index (χ1) is 3.73. The summed E-state index contributed by atoms with van der Waals surface area (Å²) in [7, 11) is -4.67. The van der Waals surface area contributed by atoms with Gasteiger partial charge in [-0.15, -0.1) is 0 Å². The van der Waals surface area contributed by atoms with Gasteiger partial charge in [0.05, 0.1) is 0 Å². The van der Waals surface area contributed by atoms with E-state index >= 15 is 0 Å². The van der Waals surface area contributed by atoms with Crippen molar-refractivity contribution in [1.82, 2.24) is 0 Å². The molecular formula is H2Na2O7SSe. The Morgan fingerprint density at radius 3 is 1.09 bits per heavy atom. The van der Waals surface area contributed by atoms with Crippen LogP contribution in [-0.4, -0.2) is 32.0 Å². The first-order valence-corrected chi connectivity index (χ1v) is 4.69. The third-order valence-electron chi connectivity index (χ3n) is 0. The first kappa shape index (κ1) is 23.2.